The summed E-state index contributed by atoms with van der Waals surface area (Å²) in [5.74, 6) is -0.215. The van der Waals surface area contributed by atoms with E-state index in [9.17, 15) is 14.4 Å². The zero-order chi connectivity index (χ0) is 28.6. The first-order valence-corrected chi connectivity index (χ1v) is 13.1. The van der Waals surface area contributed by atoms with Gasteiger partial charge in [-0.2, -0.15) is 0 Å². The second kappa shape index (κ2) is 13.3. The summed E-state index contributed by atoms with van der Waals surface area (Å²) in [4.78, 5) is 42.0. The quantitative estimate of drug-likeness (QED) is 0.410. The molecule has 8 heteroatoms. The zero-order valence-electron chi connectivity index (χ0n) is 24.2. The number of methoxy groups -OCH3 is 1. The van der Waals surface area contributed by atoms with Crippen LogP contribution in [0.4, 0.5) is 10.5 Å². The fourth-order valence-corrected chi connectivity index (χ4v) is 4.05. The van der Waals surface area contributed by atoms with E-state index in [-0.39, 0.29) is 24.3 Å². The average Bonchev–Trinajstić information content (AvgIpc) is 2.86. The van der Waals surface area contributed by atoms with E-state index < -0.39 is 23.8 Å². The van der Waals surface area contributed by atoms with E-state index in [1.165, 1.54) is 4.90 Å². The van der Waals surface area contributed by atoms with E-state index in [0.717, 1.165) is 11.1 Å². The summed E-state index contributed by atoms with van der Waals surface area (Å²) in [5.41, 5.74) is 2.66. The maximum atomic E-state index is 14.0. The average molecular weight is 526 g/mol. The molecule has 0 radical (unpaired) electrons. The number of anilines is 1. The lowest BCUT2D eigenvalue weighted by atomic mass is 9.94. The number of carbonyl (C=O) groups excluding carboxylic acids is 3. The van der Waals surface area contributed by atoms with Gasteiger partial charge in [-0.25, -0.2) is 4.79 Å². The van der Waals surface area contributed by atoms with Crippen molar-refractivity contribution in [3.05, 3.63) is 59.2 Å². The van der Waals surface area contributed by atoms with Gasteiger partial charge in [0.25, 0.3) is 5.91 Å². The second-order valence-electron chi connectivity index (χ2n) is 10.6. The Balaban J connectivity index is 2.49. The summed E-state index contributed by atoms with van der Waals surface area (Å²) in [6.45, 7) is 15.2. The van der Waals surface area contributed by atoms with E-state index in [2.05, 4.69) is 10.6 Å². The summed E-state index contributed by atoms with van der Waals surface area (Å²) >= 11 is 0. The summed E-state index contributed by atoms with van der Waals surface area (Å²) in [6.07, 6.45) is -0.0200. The third kappa shape index (κ3) is 8.23. The molecule has 38 heavy (non-hydrogen) atoms. The molecule has 0 aliphatic carbocycles. The lowest BCUT2D eigenvalue weighted by Gasteiger charge is -2.35. The van der Waals surface area contributed by atoms with Crippen LogP contribution in [0.3, 0.4) is 0 Å². The van der Waals surface area contributed by atoms with E-state index in [1.54, 1.807) is 52.1 Å². The number of aryl methyl sites for hydroxylation is 2. The monoisotopic (exact) mass is 525 g/mol. The Bertz CT molecular complexity index is 1110. The molecule has 0 fully saturated rings. The molecule has 0 saturated carbocycles. The van der Waals surface area contributed by atoms with Crippen molar-refractivity contribution < 1.29 is 23.9 Å². The third-order valence-corrected chi connectivity index (χ3v) is 6.54. The number of nitrogens with zero attached hydrogens (tertiary/aromatic N) is 1. The van der Waals surface area contributed by atoms with Gasteiger partial charge in [-0.3, -0.25) is 9.59 Å². The van der Waals surface area contributed by atoms with E-state index in [0.29, 0.717) is 23.4 Å². The molecule has 2 rings (SSSR count). The summed E-state index contributed by atoms with van der Waals surface area (Å²) in [5, 5.41) is 5.72. The Hall–Kier alpha value is -3.55. The highest BCUT2D eigenvalue weighted by molar-refractivity contribution is 5.99. The largest absolute Gasteiger partial charge is 0.497 e. The van der Waals surface area contributed by atoms with Crippen LogP contribution in [0.5, 0.6) is 5.75 Å². The van der Waals surface area contributed by atoms with Crippen molar-refractivity contribution >= 4 is 23.6 Å². The maximum Gasteiger partial charge on any atom is 0.408 e. The maximum absolute atomic E-state index is 14.0. The lowest BCUT2D eigenvalue weighted by molar-refractivity contribution is -0.141. The van der Waals surface area contributed by atoms with Gasteiger partial charge in [0.2, 0.25) is 5.91 Å². The SMILES string of the molecule is CCC(C)C(NC(=O)OC(C)(C)C)C(=O)N(CC)C(C(=O)Nc1ccc(OC)cc1)c1ccc(C)c(C)c1. The van der Waals surface area contributed by atoms with Crippen molar-refractivity contribution in [2.24, 2.45) is 5.92 Å². The standard InChI is InChI=1S/C30H43N3O5/c1-10-19(3)25(32-29(36)38-30(6,7)8)28(35)33(11-2)26(22-13-12-20(4)21(5)18-22)27(34)31-23-14-16-24(37-9)17-15-23/h12-19,25-26H,10-11H2,1-9H3,(H,31,34)(H,32,36). The fourth-order valence-electron chi connectivity index (χ4n) is 4.05. The third-order valence-electron chi connectivity index (χ3n) is 6.54. The first kappa shape index (κ1) is 30.7. The van der Waals surface area contributed by atoms with Gasteiger partial charge in [-0.1, -0.05) is 38.5 Å². The van der Waals surface area contributed by atoms with Crippen LogP contribution in [0, 0.1) is 19.8 Å². The van der Waals surface area contributed by atoms with Gasteiger partial charge in [-0.15, -0.1) is 0 Å². The molecule has 0 aromatic heterocycles. The van der Waals surface area contributed by atoms with Gasteiger partial charge in [0.15, 0.2) is 0 Å². The van der Waals surface area contributed by atoms with Gasteiger partial charge < -0.3 is 25.0 Å². The Morgan fingerprint density at radius 1 is 0.974 bits per heavy atom. The predicted octanol–water partition coefficient (Wildman–Crippen LogP) is 5.78. The number of alkyl carbamates (subject to hydrolysis) is 1. The minimum atomic E-state index is -0.916. The summed E-state index contributed by atoms with van der Waals surface area (Å²) < 4.78 is 10.6. The van der Waals surface area contributed by atoms with Crippen molar-refractivity contribution in [3.8, 4) is 5.75 Å². The first-order chi connectivity index (χ1) is 17.8. The van der Waals surface area contributed by atoms with Crippen LogP contribution in [0.15, 0.2) is 42.5 Å². The molecule has 3 unspecified atom stereocenters. The van der Waals surface area contributed by atoms with Gasteiger partial charge in [-0.05, 0) is 88.4 Å². The second-order valence-corrected chi connectivity index (χ2v) is 10.6. The van der Waals surface area contributed by atoms with Crippen molar-refractivity contribution in [1.82, 2.24) is 10.2 Å². The number of carbonyl (C=O) groups is 3. The number of benzene rings is 2. The molecular formula is C30H43N3O5. The predicted molar refractivity (Wildman–Crippen MR) is 150 cm³/mol. The number of amides is 3. The van der Waals surface area contributed by atoms with Crippen molar-refractivity contribution in [1.29, 1.82) is 0 Å². The molecule has 0 heterocycles. The van der Waals surface area contributed by atoms with Crippen molar-refractivity contribution in [2.45, 2.75) is 79.5 Å². The van der Waals surface area contributed by atoms with Crippen LogP contribution in [0.2, 0.25) is 0 Å². The Kier molecular flexibility index (Phi) is 10.7. The number of ether oxygens (including phenoxy) is 2. The lowest BCUT2D eigenvalue weighted by Crippen LogP contribution is -2.54. The fraction of sp³-hybridized carbons (Fsp3) is 0.500. The van der Waals surface area contributed by atoms with Gasteiger partial charge in [0.1, 0.15) is 23.4 Å². The number of nitrogens with one attached hydrogen (secondary N) is 2. The normalized spacial score (nSPS) is 13.6. The highest BCUT2D eigenvalue weighted by Gasteiger charge is 2.37. The van der Waals surface area contributed by atoms with Crippen LogP contribution in [0.25, 0.3) is 0 Å². The molecule has 2 N–H and O–H groups in total. The molecule has 0 saturated heterocycles. The number of rotatable bonds is 10. The Labute approximate surface area is 227 Å². The van der Waals surface area contributed by atoms with Gasteiger partial charge in [0.05, 0.1) is 7.11 Å². The summed E-state index contributed by atoms with van der Waals surface area (Å²) in [7, 11) is 1.58. The first-order valence-electron chi connectivity index (χ1n) is 13.1. The van der Waals surface area contributed by atoms with Crippen molar-refractivity contribution in [2.75, 3.05) is 19.0 Å². The zero-order valence-corrected chi connectivity index (χ0v) is 24.2. The minimum Gasteiger partial charge on any atom is -0.497 e. The van der Waals surface area contributed by atoms with Crippen LogP contribution < -0.4 is 15.4 Å². The number of hydrogen-bond donors (Lipinski definition) is 2. The van der Waals surface area contributed by atoms with E-state index in [4.69, 9.17) is 9.47 Å². The molecule has 3 atom stereocenters. The molecule has 2 aromatic rings. The smallest absolute Gasteiger partial charge is 0.408 e. The molecule has 208 valence electrons. The van der Waals surface area contributed by atoms with Crippen molar-refractivity contribution in [3.63, 3.8) is 0 Å². The van der Waals surface area contributed by atoms with Crippen LogP contribution >= 0.6 is 0 Å². The highest BCUT2D eigenvalue weighted by atomic mass is 16.6. The summed E-state index contributed by atoms with van der Waals surface area (Å²) in [6, 6.07) is 11.0. The van der Waals surface area contributed by atoms with Gasteiger partial charge in [0, 0.05) is 12.2 Å². The van der Waals surface area contributed by atoms with Crippen LogP contribution in [-0.2, 0) is 14.3 Å². The van der Waals surface area contributed by atoms with E-state index in [1.807, 2.05) is 52.8 Å². The number of hydrogen-bond acceptors (Lipinski definition) is 5. The number of likely N-dealkylation sites (N-methyl/N-ethyl adjacent to an activating group) is 1. The van der Waals surface area contributed by atoms with Crippen LogP contribution in [0.1, 0.15) is 70.7 Å². The topological polar surface area (TPSA) is 97.0 Å². The molecule has 8 nitrogen and oxygen atoms in total. The van der Waals surface area contributed by atoms with Gasteiger partial charge >= 0.3 is 6.09 Å². The highest BCUT2D eigenvalue weighted by Crippen LogP contribution is 2.28. The van der Waals surface area contributed by atoms with E-state index >= 15 is 0 Å². The minimum absolute atomic E-state index is 0.186. The molecule has 3 amide bonds. The molecule has 0 spiro atoms. The molecule has 0 aliphatic heterocycles. The molecule has 0 aliphatic rings. The Morgan fingerprint density at radius 2 is 1.61 bits per heavy atom. The molecular weight excluding hydrogens is 482 g/mol. The molecule has 0 bridgehead atoms. The van der Waals surface area contributed by atoms with Crippen LogP contribution in [-0.4, -0.2) is 48.1 Å². The Morgan fingerprint density at radius 3 is 2.11 bits per heavy atom. The molecule has 2 aromatic carbocycles.